The molecule has 2 heterocycles. The number of H-pyrrole nitrogens is 1. The Bertz CT molecular complexity index is 625. The van der Waals surface area contributed by atoms with Crippen molar-refractivity contribution in [2.24, 2.45) is 0 Å². The van der Waals surface area contributed by atoms with Crippen LogP contribution in [0.4, 0.5) is 0 Å². The fourth-order valence-corrected chi connectivity index (χ4v) is 3.06. The molecule has 1 aliphatic rings. The first-order valence-corrected chi connectivity index (χ1v) is 6.66. The molecule has 4 heteroatoms. The molecule has 0 saturated carbocycles. The second-order valence-corrected chi connectivity index (χ2v) is 5.02. The molecule has 0 radical (unpaired) electrons. The maximum atomic E-state index is 12.2. The minimum atomic E-state index is 0.0182. The largest absolute Gasteiger partial charge is 0.327 e. The normalized spacial score (nSPS) is 20.9. The SMILES string of the molecule is CCN1CCCC1n1c(=O)[nH]c2c(C)cccc21. The number of imidazole rings is 1. The van der Waals surface area contributed by atoms with E-state index in [1.807, 2.05) is 29.7 Å². The van der Waals surface area contributed by atoms with E-state index < -0.39 is 0 Å². The van der Waals surface area contributed by atoms with Gasteiger partial charge in [0.15, 0.2) is 0 Å². The van der Waals surface area contributed by atoms with E-state index in [0.717, 1.165) is 36.1 Å². The second kappa shape index (κ2) is 4.28. The molecule has 4 nitrogen and oxygen atoms in total. The summed E-state index contributed by atoms with van der Waals surface area (Å²) in [7, 11) is 0. The Balaban J connectivity index is 2.20. The van der Waals surface area contributed by atoms with E-state index >= 15 is 0 Å². The number of hydrogen-bond acceptors (Lipinski definition) is 2. The van der Waals surface area contributed by atoms with Gasteiger partial charge in [-0.05, 0) is 37.9 Å². The molecule has 2 aromatic rings. The first-order chi connectivity index (χ1) is 8.72. The first-order valence-electron chi connectivity index (χ1n) is 6.66. The third kappa shape index (κ3) is 1.60. The standard InChI is InChI=1S/C14H19N3O/c1-3-16-9-5-8-12(16)17-11-7-4-6-10(2)13(11)15-14(17)18/h4,6-7,12H,3,5,8-9H2,1-2H3,(H,15,18). The van der Waals surface area contributed by atoms with Crippen LogP contribution in [0.2, 0.25) is 0 Å². The van der Waals surface area contributed by atoms with Crippen LogP contribution in [0.3, 0.4) is 0 Å². The van der Waals surface area contributed by atoms with E-state index in [4.69, 9.17) is 0 Å². The van der Waals surface area contributed by atoms with E-state index in [0.29, 0.717) is 0 Å². The molecule has 1 unspecified atom stereocenters. The van der Waals surface area contributed by atoms with Crippen LogP contribution in [-0.4, -0.2) is 27.5 Å². The van der Waals surface area contributed by atoms with Crippen LogP contribution in [0.15, 0.2) is 23.0 Å². The van der Waals surface area contributed by atoms with Crippen molar-refractivity contribution in [3.8, 4) is 0 Å². The lowest BCUT2D eigenvalue weighted by molar-refractivity contribution is 0.204. The van der Waals surface area contributed by atoms with Crippen molar-refractivity contribution in [2.45, 2.75) is 32.9 Å². The lowest BCUT2D eigenvalue weighted by atomic mass is 10.2. The zero-order valence-corrected chi connectivity index (χ0v) is 10.9. The smallest absolute Gasteiger partial charge is 0.305 e. The number of hydrogen-bond donors (Lipinski definition) is 1. The molecule has 96 valence electrons. The summed E-state index contributed by atoms with van der Waals surface area (Å²) in [4.78, 5) is 17.6. The predicted octanol–water partition coefficient (Wildman–Crippen LogP) is 2.25. The van der Waals surface area contributed by atoms with Gasteiger partial charge in [-0.2, -0.15) is 0 Å². The third-order valence-electron chi connectivity index (χ3n) is 3.99. The number of aromatic amines is 1. The van der Waals surface area contributed by atoms with Gasteiger partial charge in [0.25, 0.3) is 0 Å². The summed E-state index contributed by atoms with van der Waals surface area (Å²) in [6, 6.07) is 6.09. The van der Waals surface area contributed by atoms with Gasteiger partial charge in [0.2, 0.25) is 0 Å². The Morgan fingerprint density at radius 1 is 1.44 bits per heavy atom. The number of benzene rings is 1. The van der Waals surface area contributed by atoms with Crippen LogP contribution in [0.1, 0.15) is 31.5 Å². The van der Waals surface area contributed by atoms with Crippen molar-refractivity contribution >= 4 is 11.0 Å². The molecule has 3 rings (SSSR count). The minimum absolute atomic E-state index is 0.0182. The van der Waals surface area contributed by atoms with Crippen LogP contribution < -0.4 is 5.69 Å². The highest BCUT2D eigenvalue weighted by atomic mass is 16.1. The van der Waals surface area contributed by atoms with Crippen LogP contribution >= 0.6 is 0 Å². The quantitative estimate of drug-likeness (QED) is 0.881. The summed E-state index contributed by atoms with van der Waals surface area (Å²) in [5.41, 5.74) is 3.16. The zero-order chi connectivity index (χ0) is 12.7. The number of likely N-dealkylation sites (tertiary alicyclic amines) is 1. The summed E-state index contributed by atoms with van der Waals surface area (Å²) in [6.45, 7) is 6.28. The van der Waals surface area contributed by atoms with Gasteiger partial charge in [0, 0.05) is 6.54 Å². The highest BCUT2D eigenvalue weighted by molar-refractivity contribution is 5.78. The number of nitrogens with one attached hydrogen (secondary N) is 1. The molecule has 1 aromatic carbocycles. The molecule has 1 aliphatic heterocycles. The molecule has 1 saturated heterocycles. The van der Waals surface area contributed by atoms with E-state index in [1.165, 1.54) is 6.42 Å². The highest BCUT2D eigenvalue weighted by Gasteiger charge is 2.27. The highest BCUT2D eigenvalue weighted by Crippen LogP contribution is 2.28. The van der Waals surface area contributed by atoms with Crippen LogP contribution in [0.5, 0.6) is 0 Å². The van der Waals surface area contributed by atoms with E-state index in [1.54, 1.807) is 0 Å². The Morgan fingerprint density at radius 2 is 2.28 bits per heavy atom. The van der Waals surface area contributed by atoms with Crippen molar-refractivity contribution in [3.63, 3.8) is 0 Å². The Hall–Kier alpha value is -1.55. The van der Waals surface area contributed by atoms with Crippen LogP contribution in [0.25, 0.3) is 11.0 Å². The average Bonchev–Trinajstić information content (AvgIpc) is 2.93. The number of aryl methyl sites for hydroxylation is 1. The fraction of sp³-hybridized carbons (Fsp3) is 0.500. The molecular formula is C14H19N3O. The third-order valence-corrected chi connectivity index (χ3v) is 3.99. The molecule has 0 spiro atoms. The van der Waals surface area contributed by atoms with Crippen molar-refractivity contribution in [1.82, 2.24) is 14.5 Å². The molecular weight excluding hydrogens is 226 g/mol. The van der Waals surface area contributed by atoms with Crippen LogP contribution in [-0.2, 0) is 0 Å². The van der Waals surface area contributed by atoms with E-state index in [2.05, 4.69) is 16.8 Å². The van der Waals surface area contributed by atoms with Crippen molar-refractivity contribution in [3.05, 3.63) is 34.2 Å². The number of nitrogens with zero attached hydrogens (tertiary/aromatic N) is 2. The average molecular weight is 245 g/mol. The molecule has 0 bridgehead atoms. The predicted molar refractivity (Wildman–Crippen MR) is 72.8 cm³/mol. The molecule has 1 fully saturated rings. The lowest BCUT2D eigenvalue weighted by Crippen LogP contribution is -2.32. The van der Waals surface area contributed by atoms with E-state index in [-0.39, 0.29) is 11.9 Å². The number of fused-ring (bicyclic) bond motifs is 1. The summed E-state index contributed by atoms with van der Waals surface area (Å²) in [6.07, 6.45) is 2.45. The fourth-order valence-electron chi connectivity index (χ4n) is 3.06. The Kier molecular flexibility index (Phi) is 2.74. The van der Waals surface area contributed by atoms with Crippen molar-refractivity contribution in [2.75, 3.05) is 13.1 Å². The minimum Gasteiger partial charge on any atom is -0.305 e. The van der Waals surface area contributed by atoms with Gasteiger partial charge in [0.1, 0.15) is 0 Å². The van der Waals surface area contributed by atoms with Crippen LogP contribution in [0, 0.1) is 6.92 Å². The van der Waals surface area contributed by atoms with Gasteiger partial charge in [0.05, 0.1) is 17.2 Å². The monoisotopic (exact) mass is 245 g/mol. The lowest BCUT2D eigenvalue weighted by Gasteiger charge is -2.23. The second-order valence-electron chi connectivity index (χ2n) is 5.02. The Labute approximate surface area is 106 Å². The van der Waals surface area contributed by atoms with Gasteiger partial charge < -0.3 is 4.98 Å². The first kappa shape index (κ1) is 11.5. The van der Waals surface area contributed by atoms with Gasteiger partial charge in [-0.15, -0.1) is 0 Å². The summed E-state index contributed by atoms with van der Waals surface area (Å²) >= 11 is 0. The molecule has 18 heavy (non-hydrogen) atoms. The van der Waals surface area contributed by atoms with Gasteiger partial charge in [-0.1, -0.05) is 19.1 Å². The van der Waals surface area contributed by atoms with Gasteiger partial charge in [-0.3, -0.25) is 9.47 Å². The van der Waals surface area contributed by atoms with Crippen molar-refractivity contribution < 1.29 is 0 Å². The molecule has 1 N–H and O–H groups in total. The maximum Gasteiger partial charge on any atom is 0.327 e. The number of aromatic nitrogens is 2. The number of para-hydroxylation sites is 1. The molecule has 1 aromatic heterocycles. The van der Waals surface area contributed by atoms with Crippen molar-refractivity contribution in [1.29, 1.82) is 0 Å². The Morgan fingerprint density at radius 3 is 3.06 bits per heavy atom. The van der Waals surface area contributed by atoms with Gasteiger partial charge >= 0.3 is 5.69 Å². The van der Waals surface area contributed by atoms with E-state index in [9.17, 15) is 4.79 Å². The zero-order valence-electron chi connectivity index (χ0n) is 10.9. The maximum absolute atomic E-state index is 12.2. The summed E-state index contributed by atoms with van der Waals surface area (Å²) in [5, 5.41) is 0. The summed E-state index contributed by atoms with van der Waals surface area (Å²) in [5.74, 6) is 0. The van der Waals surface area contributed by atoms with Gasteiger partial charge in [-0.25, -0.2) is 4.79 Å². The topological polar surface area (TPSA) is 41.0 Å². The molecule has 0 aliphatic carbocycles. The summed E-state index contributed by atoms with van der Waals surface area (Å²) < 4.78 is 1.93. The number of rotatable bonds is 2. The molecule has 1 atom stereocenters. The molecule has 0 amide bonds.